The highest BCUT2D eigenvalue weighted by molar-refractivity contribution is 5.78. The fourth-order valence-electron chi connectivity index (χ4n) is 1.31. The topological polar surface area (TPSA) is 32.3 Å². The summed E-state index contributed by atoms with van der Waals surface area (Å²) < 4.78 is 0. The Morgan fingerprint density at radius 3 is 2.80 bits per heavy atom. The number of rotatable bonds is 2. The van der Waals surface area contributed by atoms with Gasteiger partial charge in [-0.05, 0) is 20.0 Å². The van der Waals surface area contributed by atoms with E-state index in [0.29, 0.717) is 12.3 Å². The number of hydrogen-bond acceptors (Lipinski definition) is 2. The summed E-state index contributed by atoms with van der Waals surface area (Å²) in [6.45, 7) is 1.87. The average Bonchev–Trinajstić information content (AvgIpc) is 2.13. The fraction of sp³-hybridized carbons (Fsp3) is 0.857. The van der Waals surface area contributed by atoms with E-state index in [1.54, 1.807) is 0 Å². The van der Waals surface area contributed by atoms with Crippen LogP contribution in [0.5, 0.6) is 0 Å². The Labute approximate surface area is 61.4 Å². The summed E-state index contributed by atoms with van der Waals surface area (Å²) in [6, 6.07) is 0. The normalized spacial score (nSPS) is 25.5. The van der Waals surface area contributed by atoms with E-state index in [9.17, 15) is 4.79 Å². The molecule has 1 aliphatic rings. The first kappa shape index (κ1) is 7.54. The van der Waals surface area contributed by atoms with Crippen LogP contribution in [0.15, 0.2) is 0 Å². The van der Waals surface area contributed by atoms with Gasteiger partial charge >= 0.3 is 0 Å². The van der Waals surface area contributed by atoms with Crippen molar-refractivity contribution < 1.29 is 4.79 Å². The lowest BCUT2D eigenvalue weighted by Gasteiger charge is -2.13. The van der Waals surface area contributed by atoms with Crippen molar-refractivity contribution in [1.82, 2.24) is 10.2 Å². The predicted molar refractivity (Wildman–Crippen MR) is 39.7 cm³/mol. The highest BCUT2D eigenvalue weighted by Crippen LogP contribution is 2.08. The van der Waals surface area contributed by atoms with E-state index in [1.807, 2.05) is 14.1 Å². The van der Waals surface area contributed by atoms with Crippen LogP contribution in [0.4, 0.5) is 0 Å². The highest BCUT2D eigenvalue weighted by Gasteiger charge is 2.21. The third kappa shape index (κ3) is 1.99. The molecule has 1 N–H and O–H groups in total. The zero-order chi connectivity index (χ0) is 7.56. The molecule has 0 bridgehead atoms. The maximum Gasteiger partial charge on any atom is 0.220 e. The van der Waals surface area contributed by atoms with Gasteiger partial charge in [-0.2, -0.15) is 0 Å². The highest BCUT2D eigenvalue weighted by atomic mass is 16.1. The van der Waals surface area contributed by atoms with Crippen LogP contribution in [0.3, 0.4) is 0 Å². The standard InChI is InChI=1S/C7H14N2O/c1-9(2)5-6-3-7(10)8-4-6/h6H,3-5H2,1-2H3,(H,8,10)/t6-/m1/s1. The van der Waals surface area contributed by atoms with E-state index in [2.05, 4.69) is 10.2 Å². The summed E-state index contributed by atoms with van der Waals surface area (Å²) in [5.74, 6) is 0.731. The minimum atomic E-state index is 0.201. The van der Waals surface area contributed by atoms with E-state index in [4.69, 9.17) is 0 Å². The maximum atomic E-state index is 10.7. The molecule has 1 fully saturated rings. The Hall–Kier alpha value is -0.570. The Kier molecular flexibility index (Phi) is 2.27. The van der Waals surface area contributed by atoms with E-state index in [1.165, 1.54) is 0 Å². The fourth-order valence-corrected chi connectivity index (χ4v) is 1.31. The first-order valence-corrected chi connectivity index (χ1v) is 3.60. The van der Waals surface area contributed by atoms with Gasteiger partial charge in [0.05, 0.1) is 0 Å². The number of carbonyl (C=O) groups excluding carboxylic acids is 1. The number of amides is 1. The van der Waals surface area contributed by atoms with Gasteiger partial charge in [0, 0.05) is 19.5 Å². The Morgan fingerprint density at radius 1 is 1.70 bits per heavy atom. The molecular formula is C7H14N2O. The van der Waals surface area contributed by atoms with Gasteiger partial charge in [-0.1, -0.05) is 0 Å². The minimum absolute atomic E-state index is 0.201. The molecule has 0 saturated carbocycles. The molecule has 1 aliphatic heterocycles. The van der Waals surface area contributed by atoms with Gasteiger partial charge in [0.15, 0.2) is 0 Å². The lowest BCUT2D eigenvalue weighted by atomic mass is 10.1. The molecule has 0 aromatic heterocycles. The molecule has 3 nitrogen and oxygen atoms in total. The molecule has 0 aromatic rings. The van der Waals surface area contributed by atoms with Crippen LogP contribution in [0.2, 0.25) is 0 Å². The van der Waals surface area contributed by atoms with Gasteiger partial charge in [0.1, 0.15) is 0 Å². The second-order valence-corrected chi connectivity index (χ2v) is 3.14. The molecule has 0 aliphatic carbocycles. The summed E-state index contributed by atoms with van der Waals surface area (Å²) >= 11 is 0. The van der Waals surface area contributed by atoms with Crippen molar-refractivity contribution in [2.24, 2.45) is 5.92 Å². The van der Waals surface area contributed by atoms with Crippen molar-refractivity contribution in [3.63, 3.8) is 0 Å². The van der Waals surface area contributed by atoms with Gasteiger partial charge in [-0.15, -0.1) is 0 Å². The SMILES string of the molecule is CN(C)C[C@H]1CNC(=O)C1. The minimum Gasteiger partial charge on any atom is -0.356 e. The summed E-state index contributed by atoms with van der Waals surface area (Å²) in [5.41, 5.74) is 0. The average molecular weight is 142 g/mol. The number of hydrogen-bond donors (Lipinski definition) is 1. The molecule has 0 unspecified atom stereocenters. The van der Waals surface area contributed by atoms with Crippen LogP contribution in [-0.2, 0) is 4.79 Å². The van der Waals surface area contributed by atoms with Gasteiger partial charge in [0.2, 0.25) is 5.91 Å². The number of nitrogens with zero attached hydrogens (tertiary/aromatic N) is 1. The Bertz CT molecular complexity index is 134. The third-order valence-electron chi connectivity index (χ3n) is 1.69. The number of nitrogens with one attached hydrogen (secondary N) is 1. The van der Waals surface area contributed by atoms with Crippen molar-refractivity contribution in [3.05, 3.63) is 0 Å². The van der Waals surface area contributed by atoms with Crippen molar-refractivity contribution >= 4 is 5.91 Å². The second kappa shape index (κ2) is 3.01. The van der Waals surface area contributed by atoms with Crippen molar-refractivity contribution in [1.29, 1.82) is 0 Å². The van der Waals surface area contributed by atoms with Crippen molar-refractivity contribution in [2.45, 2.75) is 6.42 Å². The summed E-state index contributed by atoms with van der Waals surface area (Å²) in [5, 5.41) is 2.81. The summed E-state index contributed by atoms with van der Waals surface area (Å²) in [7, 11) is 4.06. The van der Waals surface area contributed by atoms with E-state index in [-0.39, 0.29) is 5.91 Å². The maximum absolute atomic E-state index is 10.7. The Balaban J connectivity index is 2.24. The first-order valence-electron chi connectivity index (χ1n) is 3.60. The smallest absolute Gasteiger partial charge is 0.220 e. The van der Waals surface area contributed by atoms with Crippen molar-refractivity contribution in [2.75, 3.05) is 27.2 Å². The molecule has 0 spiro atoms. The zero-order valence-electron chi connectivity index (χ0n) is 6.55. The van der Waals surface area contributed by atoms with Crippen LogP contribution in [-0.4, -0.2) is 38.0 Å². The van der Waals surface area contributed by atoms with Crippen molar-refractivity contribution in [3.8, 4) is 0 Å². The quantitative estimate of drug-likeness (QED) is 0.573. The first-order chi connectivity index (χ1) is 4.68. The molecule has 3 heteroatoms. The van der Waals surface area contributed by atoms with E-state index >= 15 is 0 Å². The molecule has 1 heterocycles. The Morgan fingerprint density at radius 2 is 2.40 bits per heavy atom. The third-order valence-corrected chi connectivity index (χ3v) is 1.69. The molecule has 1 atom stereocenters. The monoisotopic (exact) mass is 142 g/mol. The zero-order valence-corrected chi connectivity index (χ0v) is 6.55. The van der Waals surface area contributed by atoms with Gasteiger partial charge in [0.25, 0.3) is 0 Å². The molecule has 0 radical (unpaired) electrons. The predicted octanol–water partition coefficient (Wildman–Crippen LogP) is -0.316. The number of carbonyl (C=O) groups is 1. The van der Waals surface area contributed by atoms with Gasteiger partial charge in [-0.3, -0.25) is 4.79 Å². The molecule has 0 aromatic carbocycles. The molecule has 1 amide bonds. The molecule has 58 valence electrons. The van der Waals surface area contributed by atoms with Crippen LogP contribution >= 0.6 is 0 Å². The lowest BCUT2D eigenvalue weighted by molar-refractivity contribution is -0.119. The summed E-state index contributed by atoms with van der Waals surface area (Å²) in [4.78, 5) is 12.8. The van der Waals surface area contributed by atoms with Crippen LogP contribution < -0.4 is 5.32 Å². The van der Waals surface area contributed by atoms with Crippen LogP contribution in [0, 0.1) is 5.92 Å². The second-order valence-electron chi connectivity index (χ2n) is 3.14. The lowest BCUT2D eigenvalue weighted by Crippen LogP contribution is -2.23. The molecule has 10 heavy (non-hydrogen) atoms. The van der Waals surface area contributed by atoms with E-state index < -0.39 is 0 Å². The van der Waals surface area contributed by atoms with E-state index in [0.717, 1.165) is 13.1 Å². The van der Waals surface area contributed by atoms with Crippen LogP contribution in [0.1, 0.15) is 6.42 Å². The molecule has 1 rings (SSSR count). The largest absolute Gasteiger partial charge is 0.356 e. The summed E-state index contributed by atoms with van der Waals surface area (Å²) in [6.07, 6.45) is 0.707. The van der Waals surface area contributed by atoms with Gasteiger partial charge < -0.3 is 10.2 Å². The van der Waals surface area contributed by atoms with Gasteiger partial charge in [-0.25, -0.2) is 0 Å². The molecular weight excluding hydrogens is 128 g/mol. The van der Waals surface area contributed by atoms with Crippen LogP contribution in [0.25, 0.3) is 0 Å². The molecule has 1 saturated heterocycles.